The molecule has 0 fully saturated rings. The Hall–Kier alpha value is -1.65. The molecule has 1 aromatic rings. The summed E-state index contributed by atoms with van der Waals surface area (Å²) in [5.74, 6) is -1.41. The summed E-state index contributed by atoms with van der Waals surface area (Å²) in [5.41, 5.74) is 0.715. The molecule has 0 heterocycles. The van der Waals surface area contributed by atoms with E-state index in [4.69, 9.17) is 0 Å². The van der Waals surface area contributed by atoms with E-state index in [1.165, 1.54) is 0 Å². The molecule has 0 radical (unpaired) electrons. The lowest BCUT2D eigenvalue weighted by molar-refractivity contribution is -0.152. The van der Waals surface area contributed by atoms with Gasteiger partial charge in [0.1, 0.15) is 18.5 Å². The molecular weight excluding hydrogens is 245 g/mol. The van der Waals surface area contributed by atoms with Crippen LogP contribution >= 0.6 is 0 Å². The molecule has 0 saturated carbocycles. The van der Waals surface area contributed by atoms with Gasteiger partial charge in [0.25, 0.3) is 0 Å². The van der Waals surface area contributed by atoms with Crippen LogP contribution in [-0.2, 0) is 9.59 Å². The van der Waals surface area contributed by atoms with Gasteiger partial charge in [-0.25, -0.2) is 0 Å². The Morgan fingerprint density at radius 1 is 1.22 bits per heavy atom. The Morgan fingerprint density at radius 2 is 1.83 bits per heavy atom. The van der Waals surface area contributed by atoms with Gasteiger partial charge < -0.3 is 4.79 Å². The quantitative estimate of drug-likeness (QED) is 0.734. The second-order valence-electron chi connectivity index (χ2n) is 4.02. The van der Waals surface area contributed by atoms with E-state index in [0.717, 1.165) is 0 Å². The molecule has 0 aromatic heterocycles. The van der Waals surface area contributed by atoms with E-state index in [1.54, 1.807) is 30.3 Å². The van der Waals surface area contributed by atoms with Gasteiger partial charge >= 0.3 is 6.18 Å². The highest BCUT2D eigenvalue weighted by Crippen LogP contribution is 2.23. The molecule has 0 aliphatic carbocycles. The van der Waals surface area contributed by atoms with Crippen LogP contribution in [0.2, 0.25) is 0 Å². The molecule has 1 aromatic carbocycles. The molecule has 98 valence electrons. The van der Waals surface area contributed by atoms with Crippen molar-refractivity contribution >= 4 is 12.1 Å². The van der Waals surface area contributed by atoms with Gasteiger partial charge in [-0.05, 0) is 12.0 Å². The summed E-state index contributed by atoms with van der Waals surface area (Å²) < 4.78 is 35.8. The largest absolute Gasteiger partial charge is 0.395 e. The third-order valence-electron chi connectivity index (χ3n) is 2.52. The number of alkyl halides is 3. The number of halogens is 3. The maximum absolute atomic E-state index is 11.9. The highest BCUT2D eigenvalue weighted by Gasteiger charge is 2.30. The lowest BCUT2D eigenvalue weighted by atomic mass is 9.94. The molecule has 18 heavy (non-hydrogen) atoms. The summed E-state index contributed by atoms with van der Waals surface area (Å²) in [6, 6.07) is 8.69. The maximum Gasteiger partial charge on any atom is 0.395 e. The molecule has 0 spiro atoms. The molecule has 1 unspecified atom stereocenters. The first-order valence-corrected chi connectivity index (χ1v) is 5.51. The van der Waals surface area contributed by atoms with Crippen LogP contribution in [0.25, 0.3) is 0 Å². The second kappa shape index (κ2) is 6.33. The van der Waals surface area contributed by atoms with Gasteiger partial charge in [-0.3, -0.25) is 4.79 Å². The summed E-state index contributed by atoms with van der Waals surface area (Å²) >= 11 is 0. The van der Waals surface area contributed by atoms with E-state index in [2.05, 4.69) is 0 Å². The number of rotatable bonds is 6. The average molecular weight is 258 g/mol. The van der Waals surface area contributed by atoms with Crippen LogP contribution in [0.4, 0.5) is 13.2 Å². The molecule has 0 aliphatic rings. The van der Waals surface area contributed by atoms with Crippen molar-refractivity contribution in [1.29, 1.82) is 0 Å². The van der Waals surface area contributed by atoms with Crippen molar-refractivity contribution in [2.45, 2.75) is 31.4 Å². The zero-order chi connectivity index (χ0) is 13.6. The van der Waals surface area contributed by atoms with Gasteiger partial charge in [-0.2, -0.15) is 13.2 Å². The topological polar surface area (TPSA) is 34.1 Å². The summed E-state index contributed by atoms with van der Waals surface area (Å²) in [7, 11) is 0. The Bertz CT molecular complexity index is 398. The fourth-order valence-electron chi connectivity index (χ4n) is 1.64. The zero-order valence-electron chi connectivity index (χ0n) is 9.61. The number of carbonyl (C=O) groups excluding carboxylic acids is 2. The number of hydrogen-bond acceptors (Lipinski definition) is 2. The zero-order valence-corrected chi connectivity index (χ0v) is 9.61. The van der Waals surface area contributed by atoms with Crippen LogP contribution in [0.3, 0.4) is 0 Å². The fourth-order valence-corrected chi connectivity index (χ4v) is 1.64. The highest BCUT2D eigenvalue weighted by molar-refractivity contribution is 5.79. The number of benzene rings is 1. The average Bonchev–Trinajstić information content (AvgIpc) is 2.29. The monoisotopic (exact) mass is 258 g/mol. The molecule has 2 nitrogen and oxygen atoms in total. The summed E-state index contributed by atoms with van der Waals surface area (Å²) in [5, 5.41) is 0. The van der Waals surface area contributed by atoms with E-state index in [-0.39, 0.29) is 12.8 Å². The normalized spacial score (nSPS) is 13.1. The van der Waals surface area contributed by atoms with Gasteiger partial charge in [0, 0.05) is 12.3 Å². The van der Waals surface area contributed by atoms with E-state index in [9.17, 15) is 22.8 Å². The molecule has 5 heteroatoms. The first-order chi connectivity index (χ1) is 8.42. The number of aldehydes is 1. The Balaban J connectivity index is 2.51. The van der Waals surface area contributed by atoms with Gasteiger partial charge in [0.15, 0.2) is 0 Å². The predicted octanol–water partition coefficient (Wildman–Crippen LogP) is 3.27. The molecule has 0 N–H and O–H groups in total. The Labute approximate surface area is 103 Å². The van der Waals surface area contributed by atoms with Crippen LogP contribution < -0.4 is 0 Å². The minimum absolute atomic E-state index is 0.114. The smallest absolute Gasteiger partial charge is 0.303 e. The Morgan fingerprint density at radius 3 is 2.33 bits per heavy atom. The van der Waals surface area contributed by atoms with Crippen molar-refractivity contribution < 1.29 is 22.8 Å². The third kappa shape index (κ3) is 5.12. The number of ketones is 1. The van der Waals surface area contributed by atoms with Crippen LogP contribution in [0.1, 0.15) is 30.7 Å². The van der Waals surface area contributed by atoms with Crippen molar-refractivity contribution in [1.82, 2.24) is 0 Å². The first-order valence-electron chi connectivity index (χ1n) is 5.51. The molecule has 0 aliphatic heterocycles. The van der Waals surface area contributed by atoms with E-state index in [0.29, 0.717) is 11.8 Å². The Kier molecular flexibility index (Phi) is 5.07. The van der Waals surface area contributed by atoms with Crippen LogP contribution in [0.5, 0.6) is 0 Å². The number of carbonyl (C=O) groups is 2. The van der Waals surface area contributed by atoms with Crippen molar-refractivity contribution in [3.8, 4) is 0 Å². The van der Waals surface area contributed by atoms with Gasteiger partial charge in [0.05, 0.1) is 0 Å². The molecular formula is C13H13F3O2. The minimum Gasteiger partial charge on any atom is -0.303 e. The minimum atomic E-state index is -4.47. The number of hydrogen-bond donors (Lipinski definition) is 0. The van der Waals surface area contributed by atoms with Gasteiger partial charge in [0.2, 0.25) is 0 Å². The number of Topliss-reactive ketones (excluding diaryl/α,β-unsaturated/α-hetero) is 1. The lowest BCUT2D eigenvalue weighted by Gasteiger charge is -2.10. The SMILES string of the molecule is O=CC(CCC(=O)CC(F)(F)F)c1ccccc1. The van der Waals surface area contributed by atoms with Gasteiger partial charge in [-0.15, -0.1) is 0 Å². The second-order valence-corrected chi connectivity index (χ2v) is 4.02. The van der Waals surface area contributed by atoms with E-state index in [1.807, 2.05) is 0 Å². The van der Waals surface area contributed by atoms with Crippen LogP contribution in [0.15, 0.2) is 30.3 Å². The molecule has 0 saturated heterocycles. The van der Waals surface area contributed by atoms with Crippen molar-refractivity contribution in [2.75, 3.05) is 0 Å². The van der Waals surface area contributed by atoms with Crippen molar-refractivity contribution in [3.63, 3.8) is 0 Å². The van der Waals surface area contributed by atoms with Crippen molar-refractivity contribution in [2.24, 2.45) is 0 Å². The summed E-state index contributed by atoms with van der Waals surface area (Å²) in [6.07, 6.45) is -5.36. The fraction of sp³-hybridized carbons (Fsp3) is 0.385. The van der Waals surface area contributed by atoms with Crippen LogP contribution in [0, 0.1) is 0 Å². The highest BCUT2D eigenvalue weighted by atomic mass is 19.4. The standard InChI is InChI=1S/C13H13F3O2/c14-13(15,16)8-12(18)7-6-11(9-17)10-4-2-1-3-5-10/h1-5,9,11H,6-8H2. The maximum atomic E-state index is 11.9. The molecule has 0 bridgehead atoms. The summed E-state index contributed by atoms with van der Waals surface area (Å²) in [6.45, 7) is 0. The molecule has 0 amide bonds. The van der Waals surface area contributed by atoms with E-state index >= 15 is 0 Å². The van der Waals surface area contributed by atoms with Crippen LogP contribution in [-0.4, -0.2) is 18.2 Å². The van der Waals surface area contributed by atoms with E-state index < -0.39 is 24.3 Å². The third-order valence-corrected chi connectivity index (χ3v) is 2.52. The molecule has 1 rings (SSSR count). The lowest BCUT2D eigenvalue weighted by Crippen LogP contribution is -2.15. The first kappa shape index (κ1) is 14.4. The molecule has 1 atom stereocenters. The van der Waals surface area contributed by atoms with Gasteiger partial charge in [-0.1, -0.05) is 30.3 Å². The van der Waals surface area contributed by atoms with Crippen molar-refractivity contribution in [3.05, 3.63) is 35.9 Å². The predicted molar refractivity (Wildman–Crippen MR) is 60.2 cm³/mol. The summed E-state index contributed by atoms with van der Waals surface area (Å²) in [4.78, 5) is 21.9.